The average Bonchev–Trinajstić information content (AvgIpc) is 3.43. The number of hydrogen-bond acceptors (Lipinski definition) is 9. The zero-order chi connectivity index (χ0) is 39.6. The summed E-state index contributed by atoms with van der Waals surface area (Å²) >= 11 is 0. The molecule has 1 heterocycles. The highest BCUT2D eigenvalue weighted by Gasteiger charge is 2.38. The second-order valence-electron chi connectivity index (χ2n) is 16.5. The molecule has 3 rings (SSSR count). The summed E-state index contributed by atoms with van der Waals surface area (Å²) in [6, 6.07) is -3.03. The number of carbonyl (C=O) groups excluding carboxylic acids is 5. The highest BCUT2D eigenvalue weighted by Crippen LogP contribution is 2.31. The fourth-order valence-corrected chi connectivity index (χ4v) is 8.02. The van der Waals surface area contributed by atoms with Crippen molar-refractivity contribution in [3.63, 3.8) is 0 Å². The minimum absolute atomic E-state index is 0.0945. The van der Waals surface area contributed by atoms with Crippen LogP contribution in [0.15, 0.2) is 0 Å². The largest absolute Gasteiger partial charge is 0.380 e. The van der Waals surface area contributed by atoms with Crippen LogP contribution in [0, 0.1) is 29.6 Å². The number of primary amides is 1. The van der Waals surface area contributed by atoms with Gasteiger partial charge in [-0.1, -0.05) is 85.0 Å². The fourth-order valence-electron chi connectivity index (χ4n) is 8.02. The Hall–Kier alpha value is -2.81. The van der Waals surface area contributed by atoms with E-state index in [9.17, 15) is 24.0 Å². The van der Waals surface area contributed by atoms with Crippen LogP contribution in [-0.2, 0) is 33.4 Å². The van der Waals surface area contributed by atoms with Gasteiger partial charge in [-0.05, 0) is 44.4 Å². The topological polar surface area (TPSA) is 207 Å². The van der Waals surface area contributed by atoms with Gasteiger partial charge in [-0.2, -0.15) is 0 Å². The van der Waals surface area contributed by atoms with Crippen molar-refractivity contribution in [2.24, 2.45) is 41.1 Å². The van der Waals surface area contributed by atoms with Gasteiger partial charge in [-0.3, -0.25) is 24.0 Å². The van der Waals surface area contributed by atoms with Crippen molar-refractivity contribution in [3.8, 4) is 0 Å². The lowest BCUT2D eigenvalue weighted by Gasteiger charge is -2.36. The van der Waals surface area contributed by atoms with E-state index >= 15 is 0 Å². The Balaban J connectivity index is 1.69. The van der Waals surface area contributed by atoms with E-state index in [1.807, 2.05) is 27.7 Å². The Kier molecular flexibility index (Phi) is 20.2. The first-order valence-electron chi connectivity index (χ1n) is 20.9. The van der Waals surface area contributed by atoms with Crippen LogP contribution in [0.1, 0.15) is 118 Å². The highest BCUT2D eigenvalue weighted by atomic mass is 16.5. The molecule has 0 radical (unpaired) electrons. The van der Waals surface area contributed by atoms with E-state index in [-0.39, 0.29) is 42.8 Å². The first kappa shape index (κ1) is 45.6. The molecule has 14 nitrogen and oxygen atoms in total. The molecule has 1 saturated heterocycles. The lowest BCUT2D eigenvalue weighted by Crippen LogP contribution is -2.60. The number of nitrogens with zero attached hydrogens (tertiary/aromatic N) is 1. The van der Waals surface area contributed by atoms with Crippen molar-refractivity contribution in [2.75, 3.05) is 46.5 Å². The van der Waals surface area contributed by atoms with E-state index < -0.39 is 47.9 Å². The number of nitrogens with one attached hydrogen (secondary N) is 4. The standard InChI is InChI=1S/C40H73N7O7/c1-6-14-33(38(50)46-35(31-17-12-7-8-13-18-31)39(51)45-32(20-41)36(42)48)47(5)40(52)28(4)34(19-29-15-10-9-11-16-29)54-24-27(3)44-37(49)26(2)23-53-25-30-21-43-22-30/h26-35,43H,6-25,41H2,1-5H3,(H2,42,48)(H,44,49)(H,45,51)(H,46,50)/t26-,27+,28+,32-,33-,34+,35-/m0/s1. The van der Waals surface area contributed by atoms with Crippen LogP contribution >= 0.6 is 0 Å². The molecule has 0 aromatic rings. The lowest BCUT2D eigenvalue weighted by atomic mass is 9.82. The molecule has 14 heteroatoms. The molecule has 8 N–H and O–H groups in total. The molecule has 0 bridgehead atoms. The molecule has 310 valence electrons. The molecule has 0 aromatic carbocycles. The van der Waals surface area contributed by atoms with Crippen molar-refractivity contribution < 1.29 is 33.4 Å². The van der Waals surface area contributed by atoms with E-state index in [0.717, 1.165) is 83.7 Å². The molecule has 5 amide bonds. The smallest absolute Gasteiger partial charge is 0.243 e. The summed E-state index contributed by atoms with van der Waals surface area (Å²) in [6.07, 6.45) is 12.6. The quantitative estimate of drug-likeness (QED) is 0.0844. The summed E-state index contributed by atoms with van der Waals surface area (Å²) in [5.41, 5.74) is 11.2. The average molecular weight is 764 g/mol. The van der Waals surface area contributed by atoms with Crippen molar-refractivity contribution in [2.45, 2.75) is 148 Å². The Labute approximate surface area is 324 Å². The Morgan fingerprint density at radius 2 is 1.44 bits per heavy atom. The van der Waals surface area contributed by atoms with Crippen LogP contribution in [0.25, 0.3) is 0 Å². The van der Waals surface area contributed by atoms with Gasteiger partial charge in [0.25, 0.3) is 0 Å². The van der Waals surface area contributed by atoms with Crippen LogP contribution < -0.4 is 32.7 Å². The van der Waals surface area contributed by atoms with Crippen LogP contribution in [0.5, 0.6) is 0 Å². The Bertz CT molecular complexity index is 1170. The molecule has 3 aliphatic rings. The number of rotatable bonds is 23. The maximum atomic E-state index is 14.3. The molecule has 3 fully saturated rings. The van der Waals surface area contributed by atoms with Gasteiger partial charge >= 0.3 is 0 Å². The lowest BCUT2D eigenvalue weighted by molar-refractivity contribution is -0.147. The predicted octanol–water partition coefficient (Wildman–Crippen LogP) is 2.37. The van der Waals surface area contributed by atoms with Crippen LogP contribution in [0.3, 0.4) is 0 Å². The molecule has 0 spiro atoms. The number of ether oxygens (including phenoxy) is 2. The molecule has 54 heavy (non-hydrogen) atoms. The monoisotopic (exact) mass is 764 g/mol. The van der Waals surface area contributed by atoms with E-state index in [0.29, 0.717) is 37.9 Å². The van der Waals surface area contributed by atoms with Gasteiger partial charge in [-0.25, -0.2) is 0 Å². The fraction of sp³-hybridized carbons (Fsp3) is 0.875. The third-order valence-electron chi connectivity index (χ3n) is 11.7. The normalized spacial score (nSPS) is 21.2. The summed E-state index contributed by atoms with van der Waals surface area (Å²) in [6.45, 7) is 10.6. The predicted molar refractivity (Wildman–Crippen MR) is 209 cm³/mol. The summed E-state index contributed by atoms with van der Waals surface area (Å²) < 4.78 is 12.3. The van der Waals surface area contributed by atoms with Crippen molar-refractivity contribution in [3.05, 3.63) is 0 Å². The van der Waals surface area contributed by atoms with Gasteiger partial charge in [0.15, 0.2) is 0 Å². The minimum Gasteiger partial charge on any atom is -0.380 e. The van der Waals surface area contributed by atoms with Crippen LogP contribution in [0.4, 0.5) is 0 Å². The zero-order valence-electron chi connectivity index (χ0n) is 33.9. The van der Waals surface area contributed by atoms with Gasteiger partial charge in [0.05, 0.1) is 37.8 Å². The van der Waals surface area contributed by atoms with Gasteiger partial charge < -0.3 is 47.1 Å². The first-order valence-corrected chi connectivity index (χ1v) is 20.9. The maximum Gasteiger partial charge on any atom is 0.243 e. The summed E-state index contributed by atoms with van der Waals surface area (Å²) in [5, 5.41) is 11.9. The van der Waals surface area contributed by atoms with Gasteiger partial charge in [0.1, 0.15) is 18.1 Å². The van der Waals surface area contributed by atoms with E-state index in [4.69, 9.17) is 20.9 Å². The van der Waals surface area contributed by atoms with Gasteiger partial charge in [0.2, 0.25) is 29.5 Å². The summed E-state index contributed by atoms with van der Waals surface area (Å²) in [4.78, 5) is 68.4. The Morgan fingerprint density at radius 3 is 2.02 bits per heavy atom. The second-order valence-corrected chi connectivity index (χ2v) is 16.5. The number of amides is 5. The molecular weight excluding hydrogens is 690 g/mol. The third kappa shape index (κ3) is 14.7. The Morgan fingerprint density at radius 1 is 0.815 bits per heavy atom. The molecule has 0 aromatic heterocycles. The zero-order valence-corrected chi connectivity index (χ0v) is 33.9. The van der Waals surface area contributed by atoms with Crippen LogP contribution in [-0.4, -0.2) is 111 Å². The van der Waals surface area contributed by atoms with Crippen LogP contribution in [0.2, 0.25) is 0 Å². The molecule has 7 atom stereocenters. The van der Waals surface area contributed by atoms with E-state index in [1.54, 1.807) is 7.05 Å². The number of likely N-dealkylation sites (N-methyl/N-ethyl adjacent to an activating group) is 1. The third-order valence-corrected chi connectivity index (χ3v) is 11.7. The summed E-state index contributed by atoms with van der Waals surface area (Å²) in [7, 11) is 1.66. The summed E-state index contributed by atoms with van der Waals surface area (Å²) in [5.74, 6) is -1.96. The molecule has 2 aliphatic carbocycles. The number of hydrogen-bond donors (Lipinski definition) is 6. The van der Waals surface area contributed by atoms with Gasteiger partial charge in [0, 0.05) is 38.6 Å². The van der Waals surface area contributed by atoms with Gasteiger partial charge in [-0.15, -0.1) is 0 Å². The molecular formula is C40H73N7O7. The number of nitrogens with two attached hydrogens (primary N) is 2. The van der Waals surface area contributed by atoms with Crippen molar-refractivity contribution >= 4 is 29.5 Å². The SMILES string of the molecule is CCC[C@@H](C(=O)N[C@H](C(=O)N[C@@H](CN)C(N)=O)C1CCCCCC1)N(C)C(=O)[C@H](C)[C@@H](CC1CCCCC1)OC[C@@H](C)NC(=O)[C@@H](C)COCC1CNC1. The maximum absolute atomic E-state index is 14.3. The second kappa shape index (κ2) is 24.0. The highest BCUT2D eigenvalue weighted by molar-refractivity contribution is 5.94. The van der Waals surface area contributed by atoms with Crippen molar-refractivity contribution in [1.29, 1.82) is 0 Å². The van der Waals surface area contributed by atoms with E-state index in [1.165, 1.54) is 11.3 Å². The first-order chi connectivity index (χ1) is 25.9. The molecule has 0 unspecified atom stereocenters. The van der Waals surface area contributed by atoms with E-state index in [2.05, 4.69) is 21.3 Å². The molecule has 2 saturated carbocycles. The minimum atomic E-state index is -1.05. The van der Waals surface area contributed by atoms with Crippen molar-refractivity contribution in [1.82, 2.24) is 26.2 Å². The number of carbonyl (C=O) groups is 5. The molecule has 1 aliphatic heterocycles.